The second-order valence-electron chi connectivity index (χ2n) is 5.10. The van der Waals surface area contributed by atoms with E-state index in [9.17, 15) is 9.59 Å². The Bertz CT molecular complexity index is 843. The van der Waals surface area contributed by atoms with E-state index in [1.807, 2.05) is 24.4 Å². The third-order valence-electron chi connectivity index (χ3n) is 3.72. The van der Waals surface area contributed by atoms with Crippen molar-refractivity contribution in [3.63, 3.8) is 0 Å². The van der Waals surface area contributed by atoms with Gasteiger partial charge in [-0.1, -0.05) is 13.0 Å². The molecule has 0 radical (unpaired) electrons. The summed E-state index contributed by atoms with van der Waals surface area (Å²) in [5, 5.41) is 1.89. The number of ether oxygens (including phenoxy) is 2. The molecule has 7 heteroatoms. The van der Waals surface area contributed by atoms with Crippen molar-refractivity contribution >= 4 is 46.2 Å². The van der Waals surface area contributed by atoms with E-state index < -0.39 is 0 Å². The first kappa shape index (κ1) is 17.6. The molecule has 25 heavy (non-hydrogen) atoms. The van der Waals surface area contributed by atoms with Crippen molar-refractivity contribution in [3.8, 4) is 11.5 Å². The molecular weight excluding hydrogens is 358 g/mol. The van der Waals surface area contributed by atoms with Crippen LogP contribution in [-0.2, 0) is 9.59 Å². The van der Waals surface area contributed by atoms with Crippen LogP contribution in [0.5, 0.6) is 11.5 Å². The molecule has 0 atom stereocenters. The molecule has 1 aromatic heterocycles. The molecule has 0 aliphatic carbocycles. The van der Waals surface area contributed by atoms with Crippen molar-refractivity contribution in [1.29, 1.82) is 0 Å². The molecule has 1 aromatic carbocycles. The molecule has 1 aliphatic heterocycles. The smallest absolute Gasteiger partial charge is 0.272 e. The average Bonchev–Trinajstić information content (AvgIpc) is 3.22. The van der Waals surface area contributed by atoms with Gasteiger partial charge in [0.15, 0.2) is 0 Å². The number of carbonyl (C=O) groups is 2. The molecule has 5 nitrogen and oxygen atoms in total. The highest BCUT2D eigenvalue weighted by Crippen LogP contribution is 2.43. The first-order valence-electron chi connectivity index (χ1n) is 7.64. The van der Waals surface area contributed by atoms with Crippen molar-refractivity contribution in [2.75, 3.05) is 24.9 Å². The van der Waals surface area contributed by atoms with Gasteiger partial charge in [0.2, 0.25) is 0 Å². The summed E-state index contributed by atoms with van der Waals surface area (Å²) >= 11 is 2.82. The summed E-state index contributed by atoms with van der Waals surface area (Å²) in [4.78, 5) is 28.6. The number of rotatable bonds is 6. The van der Waals surface area contributed by atoms with Gasteiger partial charge in [-0.3, -0.25) is 9.59 Å². The molecule has 130 valence electrons. The van der Waals surface area contributed by atoms with Crippen molar-refractivity contribution in [1.82, 2.24) is 0 Å². The highest BCUT2D eigenvalue weighted by Gasteiger charge is 2.41. The van der Waals surface area contributed by atoms with Gasteiger partial charge in [0, 0.05) is 10.9 Å². The van der Waals surface area contributed by atoms with E-state index in [1.54, 1.807) is 18.2 Å². The number of methoxy groups -OCH3 is 2. The first-order chi connectivity index (χ1) is 12.1. The predicted molar refractivity (Wildman–Crippen MR) is 101 cm³/mol. The highest BCUT2D eigenvalue weighted by atomic mass is 32.2. The Kier molecular flexibility index (Phi) is 5.15. The maximum Gasteiger partial charge on any atom is 0.272 e. The fraction of sp³-hybridized carbons (Fsp3) is 0.222. The minimum Gasteiger partial charge on any atom is -0.497 e. The molecule has 0 unspecified atom stereocenters. The average molecular weight is 375 g/mol. The van der Waals surface area contributed by atoms with Crippen LogP contribution in [0.1, 0.15) is 11.8 Å². The van der Waals surface area contributed by atoms with E-state index in [0.29, 0.717) is 33.4 Å². The second-order valence-corrected chi connectivity index (χ2v) is 7.32. The quantitative estimate of drug-likeness (QED) is 0.719. The van der Waals surface area contributed by atoms with Gasteiger partial charge in [-0.05, 0) is 29.3 Å². The number of hydrogen-bond donors (Lipinski definition) is 0. The summed E-state index contributed by atoms with van der Waals surface area (Å²) in [7, 11) is 3.04. The Morgan fingerprint density at radius 2 is 1.92 bits per heavy atom. The zero-order valence-corrected chi connectivity index (χ0v) is 15.7. The van der Waals surface area contributed by atoms with Gasteiger partial charge in [-0.2, -0.15) is 0 Å². The number of thiophene rings is 1. The minimum atomic E-state index is -0.338. The number of anilines is 1. The van der Waals surface area contributed by atoms with Crippen LogP contribution in [0, 0.1) is 0 Å². The predicted octanol–water partition coefficient (Wildman–Crippen LogP) is 3.80. The van der Waals surface area contributed by atoms with Gasteiger partial charge in [0.1, 0.15) is 11.5 Å². The van der Waals surface area contributed by atoms with Crippen LogP contribution in [0.15, 0.2) is 40.6 Å². The van der Waals surface area contributed by atoms with Gasteiger partial charge < -0.3 is 9.47 Å². The summed E-state index contributed by atoms with van der Waals surface area (Å²) in [6.07, 6.45) is 0. The van der Waals surface area contributed by atoms with E-state index in [2.05, 4.69) is 0 Å². The molecule has 0 fully saturated rings. The molecule has 0 saturated heterocycles. The Hall–Kier alpha value is -2.25. The Labute approximate surface area is 154 Å². The number of carbonyl (C=O) groups excluding carboxylic acids is 2. The first-order valence-corrected chi connectivity index (χ1v) is 9.50. The standard InChI is InChI=1S/C18H17NO4S2/c1-4-24-16-15(14-6-5-9-25-14)17(20)19(18(16)21)12-10-11(22-2)7-8-13(12)23-3/h5-10H,4H2,1-3H3. The van der Waals surface area contributed by atoms with Gasteiger partial charge in [-0.15, -0.1) is 23.1 Å². The summed E-state index contributed by atoms with van der Waals surface area (Å²) in [6, 6.07) is 8.77. The van der Waals surface area contributed by atoms with Crippen LogP contribution in [-0.4, -0.2) is 31.8 Å². The van der Waals surface area contributed by atoms with Crippen LogP contribution >= 0.6 is 23.1 Å². The molecule has 1 aliphatic rings. The van der Waals surface area contributed by atoms with E-state index in [4.69, 9.17) is 9.47 Å². The fourth-order valence-corrected chi connectivity index (χ4v) is 4.29. The van der Waals surface area contributed by atoms with Crippen molar-refractivity contribution < 1.29 is 19.1 Å². The van der Waals surface area contributed by atoms with Crippen LogP contribution < -0.4 is 14.4 Å². The molecule has 3 rings (SSSR count). The van der Waals surface area contributed by atoms with Gasteiger partial charge in [0.05, 0.1) is 30.4 Å². The number of nitrogens with zero attached hydrogens (tertiary/aromatic N) is 1. The van der Waals surface area contributed by atoms with Crippen LogP contribution in [0.4, 0.5) is 5.69 Å². The zero-order chi connectivity index (χ0) is 18.0. The summed E-state index contributed by atoms with van der Waals surface area (Å²) in [5.74, 6) is 1.02. The molecular formula is C18H17NO4S2. The molecule has 0 bridgehead atoms. The van der Waals surface area contributed by atoms with Crippen LogP contribution in [0.25, 0.3) is 5.57 Å². The molecule has 0 saturated carbocycles. The van der Waals surface area contributed by atoms with Gasteiger partial charge >= 0.3 is 0 Å². The number of hydrogen-bond acceptors (Lipinski definition) is 6. The number of thioether (sulfide) groups is 1. The lowest BCUT2D eigenvalue weighted by Gasteiger charge is -2.19. The fourth-order valence-electron chi connectivity index (χ4n) is 2.62. The largest absolute Gasteiger partial charge is 0.497 e. The minimum absolute atomic E-state index is 0.327. The molecule has 2 amide bonds. The lowest BCUT2D eigenvalue weighted by atomic mass is 10.2. The monoisotopic (exact) mass is 375 g/mol. The highest BCUT2D eigenvalue weighted by molar-refractivity contribution is 8.04. The second kappa shape index (κ2) is 7.33. The summed E-state index contributed by atoms with van der Waals surface area (Å²) in [5.41, 5.74) is 0.842. The lowest BCUT2D eigenvalue weighted by molar-refractivity contribution is -0.119. The Morgan fingerprint density at radius 3 is 2.52 bits per heavy atom. The molecule has 0 N–H and O–H groups in total. The number of amides is 2. The van der Waals surface area contributed by atoms with E-state index in [0.717, 1.165) is 4.88 Å². The van der Waals surface area contributed by atoms with E-state index in [1.165, 1.54) is 42.2 Å². The normalized spacial score (nSPS) is 14.4. The number of imide groups is 1. The van der Waals surface area contributed by atoms with Crippen molar-refractivity contribution in [3.05, 3.63) is 45.5 Å². The number of benzene rings is 1. The van der Waals surface area contributed by atoms with Crippen molar-refractivity contribution in [2.24, 2.45) is 0 Å². The third kappa shape index (κ3) is 3.05. The van der Waals surface area contributed by atoms with Crippen LogP contribution in [0.3, 0.4) is 0 Å². The SMILES string of the molecule is CCSC1=C(c2cccs2)C(=O)N(c2cc(OC)ccc2OC)C1=O. The van der Waals surface area contributed by atoms with Crippen molar-refractivity contribution in [2.45, 2.75) is 6.92 Å². The zero-order valence-electron chi connectivity index (χ0n) is 14.1. The maximum atomic E-state index is 13.1. The van der Waals surface area contributed by atoms with Crippen LogP contribution in [0.2, 0.25) is 0 Å². The third-order valence-corrected chi connectivity index (χ3v) is 5.57. The van der Waals surface area contributed by atoms with Gasteiger partial charge in [0.25, 0.3) is 11.8 Å². The summed E-state index contributed by atoms with van der Waals surface area (Å²) < 4.78 is 10.6. The Balaban J connectivity index is 2.12. The topological polar surface area (TPSA) is 55.8 Å². The summed E-state index contributed by atoms with van der Waals surface area (Å²) in [6.45, 7) is 1.95. The Morgan fingerprint density at radius 1 is 1.12 bits per heavy atom. The maximum absolute atomic E-state index is 13.1. The lowest BCUT2D eigenvalue weighted by Crippen LogP contribution is -2.31. The van der Waals surface area contributed by atoms with E-state index >= 15 is 0 Å². The molecule has 2 heterocycles. The molecule has 0 spiro atoms. The van der Waals surface area contributed by atoms with Gasteiger partial charge in [-0.25, -0.2) is 4.90 Å². The van der Waals surface area contributed by atoms with E-state index in [-0.39, 0.29) is 11.8 Å². The molecule has 2 aromatic rings.